The van der Waals surface area contributed by atoms with Gasteiger partial charge >= 0.3 is 0 Å². The molecule has 0 amide bonds. The van der Waals surface area contributed by atoms with E-state index in [1.165, 1.54) is 33.4 Å². The van der Waals surface area contributed by atoms with Crippen molar-refractivity contribution in [1.82, 2.24) is 0 Å². The summed E-state index contributed by atoms with van der Waals surface area (Å²) in [6, 6.07) is 10.6. The second-order valence-electron chi connectivity index (χ2n) is 4.79. The number of nitrogens with two attached hydrogens (primary N) is 1. The molecule has 0 unspecified atom stereocenters. The van der Waals surface area contributed by atoms with Crippen LogP contribution in [0.2, 0.25) is 0 Å². The second kappa shape index (κ2) is 4.25. The highest BCUT2D eigenvalue weighted by Gasteiger charge is 2.10. The fourth-order valence-corrected chi connectivity index (χ4v) is 2.53. The van der Waals surface area contributed by atoms with Crippen molar-refractivity contribution < 1.29 is 0 Å². The van der Waals surface area contributed by atoms with Gasteiger partial charge < -0.3 is 5.73 Å². The molecule has 88 valence electrons. The zero-order valence-corrected chi connectivity index (χ0v) is 11.0. The quantitative estimate of drug-likeness (QED) is 0.724. The van der Waals surface area contributed by atoms with Crippen LogP contribution in [0.25, 0.3) is 11.1 Å². The number of benzene rings is 2. The van der Waals surface area contributed by atoms with E-state index in [-0.39, 0.29) is 0 Å². The lowest BCUT2D eigenvalue weighted by molar-refractivity contribution is 1.31. The molecule has 0 bridgehead atoms. The average molecular weight is 225 g/mol. The summed E-state index contributed by atoms with van der Waals surface area (Å²) < 4.78 is 0. The van der Waals surface area contributed by atoms with E-state index in [1.807, 2.05) is 12.1 Å². The Morgan fingerprint density at radius 1 is 0.882 bits per heavy atom. The van der Waals surface area contributed by atoms with Crippen molar-refractivity contribution in [2.75, 3.05) is 5.73 Å². The number of anilines is 1. The van der Waals surface area contributed by atoms with Crippen LogP contribution in [-0.2, 0) is 0 Å². The zero-order chi connectivity index (χ0) is 12.6. The highest BCUT2D eigenvalue weighted by Crippen LogP contribution is 2.32. The molecule has 1 nitrogen and oxygen atoms in total. The van der Waals surface area contributed by atoms with Crippen LogP contribution in [0.3, 0.4) is 0 Å². The lowest BCUT2D eigenvalue weighted by Gasteiger charge is -2.15. The van der Waals surface area contributed by atoms with Crippen LogP contribution in [0.4, 0.5) is 5.69 Å². The van der Waals surface area contributed by atoms with Crippen molar-refractivity contribution in [3.05, 3.63) is 52.6 Å². The summed E-state index contributed by atoms with van der Waals surface area (Å²) in [5.74, 6) is 0. The number of hydrogen-bond donors (Lipinski definition) is 1. The SMILES string of the molecule is Cc1cc(C)c(-c2cccc(N)c2C)c(C)c1. The molecular weight excluding hydrogens is 206 g/mol. The van der Waals surface area contributed by atoms with Crippen molar-refractivity contribution in [3.63, 3.8) is 0 Å². The molecule has 0 aliphatic heterocycles. The van der Waals surface area contributed by atoms with Gasteiger partial charge in [0.15, 0.2) is 0 Å². The molecule has 0 atom stereocenters. The highest BCUT2D eigenvalue weighted by molar-refractivity contribution is 5.77. The first-order valence-electron chi connectivity index (χ1n) is 5.94. The van der Waals surface area contributed by atoms with E-state index < -0.39 is 0 Å². The molecule has 2 aromatic carbocycles. The van der Waals surface area contributed by atoms with Gasteiger partial charge in [0, 0.05) is 5.69 Å². The normalized spacial score (nSPS) is 10.6. The van der Waals surface area contributed by atoms with Gasteiger partial charge in [-0.2, -0.15) is 0 Å². The van der Waals surface area contributed by atoms with Gasteiger partial charge in [-0.15, -0.1) is 0 Å². The Morgan fingerprint density at radius 2 is 1.47 bits per heavy atom. The fraction of sp³-hybridized carbons (Fsp3) is 0.250. The van der Waals surface area contributed by atoms with Gasteiger partial charge in [-0.3, -0.25) is 0 Å². The second-order valence-corrected chi connectivity index (χ2v) is 4.79. The van der Waals surface area contributed by atoms with E-state index in [0.29, 0.717) is 0 Å². The summed E-state index contributed by atoms with van der Waals surface area (Å²) in [5, 5.41) is 0. The maximum Gasteiger partial charge on any atom is 0.0349 e. The van der Waals surface area contributed by atoms with Crippen LogP contribution < -0.4 is 5.73 Å². The van der Waals surface area contributed by atoms with Crippen LogP contribution in [0.1, 0.15) is 22.3 Å². The standard InChI is InChI=1S/C16H19N/c1-10-8-11(2)16(12(3)9-10)14-6-5-7-15(17)13(14)4/h5-9H,17H2,1-4H3. The Balaban J connectivity index is 2.73. The van der Waals surface area contributed by atoms with Crippen molar-refractivity contribution in [1.29, 1.82) is 0 Å². The monoisotopic (exact) mass is 225 g/mol. The molecule has 1 heteroatoms. The minimum Gasteiger partial charge on any atom is -0.398 e. The largest absolute Gasteiger partial charge is 0.398 e. The molecule has 2 N–H and O–H groups in total. The number of aryl methyl sites for hydroxylation is 3. The minimum atomic E-state index is 0.863. The summed E-state index contributed by atoms with van der Waals surface area (Å²) in [4.78, 5) is 0. The topological polar surface area (TPSA) is 26.0 Å². The van der Waals surface area contributed by atoms with Crippen LogP contribution >= 0.6 is 0 Å². The Labute approximate surface area is 103 Å². The number of hydrogen-bond acceptors (Lipinski definition) is 1. The first-order valence-corrected chi connectivity index (χ1v) is 5.94. The van der Waals surface area contributed by atoms with Gasteiger partial charge in [0.05, 0.1) is 0 Å². The van der Waals surface area contributed by atoms with Gasteiger partial charge in [-0.1, -0.05) is 29.8 Å². The summed E-state index contributed by atoms with van der Waals surface area (Å²) in [7, 11) is 0. The first-order chi connectivity index (χ1) is 8.00. The first kappa shape index (κ1) is 11.7. The Hall–Kier alpha value is -1.76. The third-order valence-electron chi connectivity index (χ3n) is 3.32. The predicted octanol–water partition coefficient (Wildman–Crippen LogP) is 4.17. The smallest absolute Gasteiger partial charge is 0.0349 e. The fourth-order valence-electron chi connectivity index (χ4n) is 2.53. The van der Waals surface area contributed by atoms with Gasteiger partial charge in [-0.25, -0.2) is 0 Å². The molecule has 0 aliphatic carbocycles. The molecule has 17 heavy (non-hydrogen) atoms. The van der Waals surface area contributed by atoms with Crippen molar-refractivity contribution in [2.45, 2.75) is 27.7 Å². The Kier molecular flexibility index (Phi) is 2.93. The summed E-state index contributed by atoms with van der Waals surface area (Å²) >= 11 is 0. The lowest BCUT2D eigenvalue weighted by Crippen LogP contribution is -1.96. The van der Waals surface area contributed by atoms with Crippen molar-refractivity contribution in [2.24, 2.45) is 0 Å². The van der Waals surface area contributed by atoms with E-state index in [4.69, 9.17) is 5.73 Å². The van der Waals surface area contributed by atoms with E-state index in [2.05, 4.69) is 45.9 Å². The minimum absolute atomic E-state index is 0.863. The summed E-state index contributed by atoms with van der Waals surface area (Å²) in [6.45, 7) is 8.55. The molecule has 0 fully saturated rings. The van der Waals surface area contributed by atoms with Crippen LogP contribution in [-0.4, -0.2) is 0 Å². The molecule has 0 radical (unpaired) electrons. The van der Waals surface area contributed by atoms with E-state index in [9.17, 15) is 0 Å². The molecule has 0 saturated carbocycles. The molecule has 0 spiro atoms. The van der Waals surface area contributed by atoms with Gasteiger partial charge in [0.25, 0.3) is 0 Å². The van der Waals surface area contributed by atoms with E-state index in [1.54, 1.807) is 0 Å². The number of nitrogen functional groups attached to an aromatic ring is 1. The average Bonchev–Trinajstić information content (AvgIpc) is 2.23. The lowest BCUT2D eigenvalue weighted by atomic mass is 9.91. The summed E-state index contributed by atoms with van der Waals surface area (Å²) in [5.41, 5.74) is 14.5. The summed E-state index contributed by atoms with van der Waals surface area (Å²) in [6.07, 6.45) is 0. The Morgan fingerprint density at radius 3 is 2.06 bits per heavy atom. The third-order valence-corrected chi connectivity index (χ3v) is 3.32. The van der Waals surface area contributed by atoms with E-state index >= 15 is 0 Å². The molecular formula is C16H19N. The van der Waals surface area contributed by atoms with Crippen LogP contribution in [0.15, 0.2) is 30.3 Å². The number of rotatable bonds is 1. The van der Waals surface area contributed by atoms with Crippen molar-refractivity contribution in [3.8, 4) is 11.1 Å². The van der Waals surface area contributed by atoms with Crippen LogP contribution in [0.5, 0.6) is 0 Å². The molecule has 0 aromatic heterocycles. The molecule has 0 saturated heterocycles. The zero-order valence-electron chi connectivity index (χ0n) is 11.0. The van der Waals surface area contributed by atoms with Gasteiger partial charge in [0.2, 0.25) is 0 Å². The molecule has 2 rings (SSSR count). The molecule has 0 aliphatic rings. The van der Waals surface area contributed by atoms with Gasteiger partial charge in [0.1, 0.15) is 0 Å². The highest BCUT2D eigenvalue weighted by atomic mass is 14.6. The van der Waals surface area contributed by atoms with E-state index in [0.717, 1.165) is 5.69 Å². The van der Waals surface area contributed by atoms with Crippen LogP contribution in [0, 0.1) is 27.7 Å². The van der Waals surface area contributed by atoms with Gasteiger partial charge in [-0.05, 0) is 61.6 Å². The molecule has 2 aromatic rings. The Bertz CT molecular complexity index is 545. The predicted molar refractivity (Wildman–Crippen MR) is 75.2 cm³/mol. The maximum atomic E-state index is 5.99. The third kappa shape index (κ3) is 2.05. The molecule has 0 heterocycles. The van der Waals surface area contributed by atoms with Crippen molar-refractivity contribution >= 4 is 5.69 Å². The maximum absolute atomic E-state index is 5.99.